The fraction of sp³-hybridized carbons (Fsp3) is 0.240. The minimum Gasteiger partial charge on any atom is -0.496 e. The maximum absolute atomic E-state index is 13.4. The number of nitrogens with zero attached hydrogens (tertiary/aromatic N) is 1. The van der Waals surface area contributed by atoms with Crippen LogP contribution in [-0.2, 0) is 16.0 Å². The standard InChI is InChI=1S/C25H24FN3O4S/c1-25(14-17-6-3-4-7-19(17)33-2)23(31)29(24(32)28-25)15-21(30)27-22(20-8-5-13-34-20)16-9-11-18(26)12-10-16/h3-13,22H,14-15H2,1-2H3,(H,27,30)(H,28,32)/t22-,25-/m0/s1. The van der Waals surface area contributed by atoms with E-state index in [4.69, 9.17) is 4.74 Å². The minimum atomic E-state index is -1.21. The fourth-order valence-corrected chi connectivity index (χ4v) is 4.82. The van der Waals surface area contributed by atoms with Crippen LogP contribution in [0, 0.1) is 5.82 Å². The van der Waals surface area contributed by atoms with Crippen molar-refractivity contribution >= 4 is 29.2 Å². The second-order valence-corrected chi connectivity index (χ2v) is 9.19. The summed E-state index contributed by atoms with van der Waals surface area (Å²) in [6.45, 7) is 1.19. The molecule has 1 aromatic heterocycles. The average molecular weight is 482 g/mol. The van der Waals surface area contributed by atoms with E-state index in [1.54, 1.807) is 25.1 Å². The summed E-state index contributed by atoms with van der Waals surface area (Å²) in [7, 11) is 1.54. The number of carbonyl (C=O) groups excluding carboxylic acids is 3. The van der Waals surface area contributed by atoms with E-state index in [2.05, 4.69) is 10.6 Å². The number of ether oxygens (including phenoxy) is 1. The molecule has 9 heteroatoms. The maximum Gasteiger partial charge on any atom is 0.325 e. The zero-order valence-electron chi connectivity index (χ0n) is 18.7. The first-order chi connectivity index (χ1) is 16.3. The summed E-state index contributed by atoms with van der Waals surface area (Å²) in [5.41, 5.74) is 0.243. The van der Waals surface area contributed by atoms with E-state index in [-0.39, 0.29) is 12.2 Å². The molecule has 1 fully saturated rings. The molecule has 0 aliphatic carbocycles. The Morgan fingerprint density at radius 2 is 1.88 bits per heavy atom. The molecule has 0 radical (unpaired) electrons. The topological polar surface area (TPSA) is 87.7 Å². The molecule has 7 nitrogen and oxygen atoms in total. The van der Waals surface area contributed by atoms with Gasteiger partial charge < -0.3 is 15.4 Å². The van der Waals surface area contributed by atoms with Gasteiger partial charge in [0.15, 0.2) is 0 Å². The summed E-state index contributed by atoms with van der Waals surface area (Å²) < 4.78 is 18.8. The van der Waals surface area contributed by atoms with Crippen LogP contribution >= 0.6 is 11.3 Å². The van der Waals surface area contributed by atoms with Crippen molar-refractivity contribution in [1.29, 1.82) is 0 Å². The third-order valence-electron chi connectivity index (χ3n) is 5.72. The number of methoxy groups -OCH3 is 1. The van der Waals surface area contributed by atoms with E-state index in [1.165, 1.54) is 30.6 Å². The molecule has 2 aromatic carbocycles. The van der Waals surface area contributed by atoms with Gasteiger partial charge in [0.25, 0.3) is 5.91 Å². The van der Waals surface area contributed by atoms with Crippen LogP contribution in [0.2, 0.25) is 0 Å². The summed E-state index contributed by atoms with van der Waals surface area (Å²) in [5, 5.41) is 7.46. The van der Waals surface area contributed by atoms with Gasteiger partial charge in [0.05, 0.1) is 13.2 Å². The van der Waals surface area contributed by atoms with Gasteiger partial charge in [-0.05, 0) is 47.7 Å². The van der Waals surface area contributed by atoms with Crippen LogP contribution in [-0.4, -0.2) is 41.9 Å². The Balaban J connectivity index is 1.49. The molecule has 0 spiro atoms. The SMILES string of the molecule is COc1ccccc1C[C@]1(C)NC(=O)N(CC(=O)N[C@@H](c2ccc(F)cc2)c2cccs2)C1=O. The van der Waals surface area contributed by atoms with Crippen molar-refractivity contribution in [2.45, 2.75) is 24.9 Å². The highest BCUT2D eigenvalue weighted by Crippen LogP contribution is 2.28. The number of hydrogen-bond acceptors (Lipinski definition) is 5. The van der Waals surface area contributed by atoms with Crippen molar-refractivity contribution in [2.75, 3.05) is 13.7 Å². The average Bonchev–Trinajstić information content (AvgIpc) is 3.42. The normalized spacial score (nSPS) is 18.5. The van der Waals surface area contributed by atoms with Crippen LogP contribution < -0.4 is 15.4 Å². The molecule has 2 N–H and O–H groups in total. The Labute approximate surface area is 200 Å². The van der Waals surface area contributed by atoms with Crippen molar-refractivity contribution in [3.05, 3.63) is 87.9 Å². The lowest BCUT2D eigenvalue weighted by molar-refractivity contribution is -0.134. The second kappa shape index (κ2) is 9.64. The van der Waals surface area contributed by atoms with Crippen molar-refractivity contribution in [3.8, 4) is 5.75 Å². The number of thiophene rings is 1. The summed E-state index contributed by atoms with van der Waals surface area (Å²) in [6.07, 6.45) is 0.215. The predicted octanol–water partition coefficient (Wildman–Crippen LogP) is 3.65. The molecule has 2 atom stereocenters. The predicted molar refractivity (Wildman–Crippen MR) is 126 cm³/mol. The number of hydrogen-bond donors (Lipinski definition) is 2. The van der Waals surface area contributed by atoms with Crippen molar-refractivity contribution in [2.24, 2.45) is 0 Å². The molecule has 1 saturated heterocycles. The van der Waals surface area contributed by atoms with E-state index in [9.17, 15) is 18.8 Å². The van der Waals surface area contributed by atoms with Crippen LogP contribution in [0.4, 0.5) is 9.18 Å². The van der Waals surface area contributed by atoms with Gasteiger partial charge in [0, 0.05) is 11.3 Å². The molecular weight excluding hydrogens is 457 g/mol. The highest BCUT2D eigenvalue weighted by molar-refractivity contribution is 7.10. The van der Waals surface area contributed by atoms with Crippen LogP contribution in [0.25, 0.3) is 0 Å². The monoisotopic (exact) mass is 481 g/mol. The smallest absolute Gasteiger partial charge is 0.325 e. The van der Waals surface area contributed by atoms with Gasteiger partial charge in [-0.15, -0.1) is 11.3 Å². The summed E-state index contributed by atoms with van der Waals surface area (Å²) in [5.74, 6) is -0.769. The molecular formula is C25H24FN3O4S. The Hall–Kier alpha value is -3.72. The van der Waals surface area contributed by atoms with Gasteiger partial charge in [-0.3, -0.25) is 14.5 Å². The lowest BCUT2D eigenvalue weighted by Gasteiger charge is -2.23. The molecule has 2 heterocycles. The van der Waals surface area contributed by atoms with E-state index in [1.807, 2.05) is 35.7 Å². The minimum absolute atomic E-state index is 0.215. The lowest BCUT2D eigenvalue weighted by Crippen LogP contribution is -2.47. The quantitative estimate of drug-likeness (QED) is 0.481. The molecule has 1 aliphatic heterocycles. The molecule has 3 aromatic rings. The third-order valence-corrected chi connectivity index (χ3v) is 6.66. The van der Waals surface area contributed by atoms with Gasteiger partial charge in [0.1, 0.15) is 23.7 Å². The van der Waals surface area contributed by atoms with Crippen LogP contribution in [0.3, 0.4) is 0 Å². The first kappa shape index (κ1) is 23.4. The second-order valence-electron chi connectivity index (χ2n) is 8.21. The van der Waals surface area contributed by atoms with E-state index in [0.29, 0.717) is 11.3 Å². The van der Waals surface area contributed by atoms with Gasteiger partial charge >= 0.3 is 6.03 Å². The molecule has 0 bridgehead atoms. The number of carbonyl (C=O) groups is 3. The zero-order chi connectivity index (χ0) is 24.3. The lowest BCUT2D eigenvalue weighted by atomic mass is 9.92. The molecule has 4 rings (SSSR count). The molecule has 176 valence electrons. The summed E-state index contributed by atoms with van der Waals surface area (Å²) in [6, 6.07) is 15.6. The number of halogens is 1. The first-order valence-corrected chi connectivity index (χ1v) is 11.5. The van der Waals surface area contributed by atoms with Crippen LogP contribution in [0.1, 0.15) is 29.0 Å². The van der Waals surface area contributed by atoms with Crippen LogP contribution in [0.15, 0.2) is 66.0 Å². The van der Waals surface area contributed by atoms with Gasteiger partial charge in [0.2, 0.25) is 5.91 Å². The summed E-state index contributed by atoms with van der Waals surface area (Å²) >= 11 is 1.44. The maximum atomic E-state index is 13.4. The Bertz CT molecular complexity index is 1200. The Kier molecular flexibility index (Phi) is 6.65. The number of rotatable bonds is 8. The fourth-order valence-electron chi connectivity index (χ4n) is 4.02. The zero-order valence-corrected chi connectivity index (χ0v) is 19.5. The molecule has 0 unspecified atom stereocenters. The van der Waals surface area contributed by atoms with E-state index < -0.39 is 36.0 Å². The number of imide groups is 1. The molecule has 1 aliphatic rings. The molecule has 0 saturated carbocycles. The van der Waals surface area contributed by atoms with E-state index >= 15 is 0 Å². The molecule has 4 amide bonds. The highest BCUT2D eigenvalue weighted by Gasteiger charge is 2.48. The summed E-state index contributed by atoms with van der Waals surface area (Å²) in [4.78, 5) is 40.5. The van der Waals surface area contributed by atoms with Gasteiger partial charge in [-0.1, -0.05) is 36.4 Å². The number of amides is 4. The Morgan fingerprint density at radius 1 is 1.15 bits per heavy atom. The first-order valence-electron chi connectivity index (χ1n) is 10.6. The van der Waals surface area contributed by atoms with Crippen molar-refractivity contribution < 1.29 is 23.5 Å². The number of para-hydroxylation sites is 1. The van der Waals surface area contributed by atoms with Gasteiger partial charge in [-0.25, -0.2) is 9.18 Å². The van der Waals surface area contributed by atoms with Crippen molar-refractivity contribution in [1.82, 2.24) is 15.5 Å². The van der Waals surface area contributed by atoms with Gasteiger partial charge in [-0.2, -0.15) is 0 Å². The Morgan fingerprint density at radius 3 is 2.56 bits per heavy atom. The molecule has 34 heavy (non-hydrogen) atoms. The van der Waals surface area contributed by atoms with E-state index in [0.717, 1.165) is 15.3 Å². The largest absolute Gasteiger partial charge is 0.496 e. The number of urea groups is 1. The number of nitrogens with one attached hydrogen (secondary N) is 2. The number of benzene rings is 2. The van der Waals surface area contributed by atoms with Crippen LogP contribution in [0.5, 0.6) is 5.75 Å². The highest BCUT2D eigenvalue weighted by atomic mass is 32.1. The van der Waals surface area contributed by atoms with Crippen molar-refractivity contribution in [3.63, 3.8) is 0 Å². The third kappa shape index (κ3) is 4.79.